The van der Waals surface area contributed by atoms with Crippen molar-refractivity contribution in [2.75, 3.05) is 51.2 Å². The number of fused-ring (bicyclic) bond motifs is 1. The van der Waals surface area contributed by atoms with E-state index >= 15 is 4.79 Å². The second kappa shape index (κ2) is 13.8. The first-order valence-corrected chi connectivity index (χ1v) is 18.7. The van der Waals surface area contributed by atoms with E-state index in [1.807, 2.05) is 23.1 Å². The van der Waals surface area contributed by atoms with Crippen molar-refractivity contribution < 1.29 is 27.1 Å². The third-order valence-electron chi connectivity index (χ3n) is 10.4. The van der Waals surface area contributed by atoms with Crippen molar-refractivity contribution in [2.24, 2.45) is 0 Å². The van der Waals surface area contributed by atoms with E-state index in [1.54, 1.807) is 43.6 Å². The molecule has 51 heavy (non-hydrogen) atoms. The van der Waals surface area contributed by atoms with Crippen molar-refractivity contribution in [3.63, 3.8) is 0 Å². The summed E-state index contributed by atoms with van der Waals surface area (Å²) in [5.41, 5.74) is 0.565. The Balaban J connectivity index is 1.44. The molecule has 2 fully saturated rings. The minimum Gasteiger partial charge on any atom is -0.497 e. The standard InChI is InChI=1S/C38H42N6O6S/c1-26(2)42-19-17-41(18-20-42)25-28-8-14-35(49-4)32(23-28)38(43-16-5-6-34(43)36-40-15-21-50-36)31-22-27(24-39)7-13-33(31)44(37(38)45)51(46,47)30-11-9-29(48-3)10-12-30/h7-15,21-23,26,34H,5-6,16-20,25H2,1-4H3/t34-,38?/m0/s1. The van der Waals surface area contributed by atoms with Crippen LogP contribution >= 0.6 is 0 Å². The van der Waals surface area contributed by atoms with Crippen LogP contribution in [-0.4, -0.2) is 87.0 Å². The normalized spacial score (nSPS) is 21.6. The zero-order chi connectivity index (χ0) is 35.9. The highest BCUT2D eigenvalue weighted by atomic mass is 32.2. The minimum atomic E-state index is -4.46. The van der Waals surface area contributed by atoms with Gasteiger partial charge in [0.25, 0.3) is 15.9 Å². The summed E-state index contributed by atoms with van der Waals surface area (Å²) in [7, 11) is -1.42. The first-order valence-electron chi connectivity index (χ1n) is 17.2. The maximum atomic E-state index is 15.7. The molecule has 1 aromatic heterocycles. The van der Waals surface area contributed by atoms with Crippen LogP contribution in [0.15, 0.2) is 82.4 Å². The molecule has 3 aliphatic rings. The Morgan fingerprint density at radius 2 is 1.75 bits per heavy atom. The van der Waals surface area contributed by atoms with Crippen LogP contribution < -0.4 is 13.8 Å². The summed E-state index contributed by atoms with van der Waals surface area (Å²) in [6.45, 7) is 9.18. The lowest BCUT2D eigenvalue weighted by molar-refractivity contribution is -0.127. The number of amides is 1. The highest BCUT2D eigenvalue weighted by Crippen LogP contribution is 2.56. The Labute approximate surface area is 298 Å². The van der Waals surface area contributed by atoms with Gasteiger partial charge in [-0.25, -0.2) is 17.7 Å². The average Bonchev–Trinajstić information content (AvgIpc) is 3.91. The fourth-order valence-corrected chi connectivity index (χ4v) is 9.34. The number of aromatic nitrogens is 1. The molecule has 3 aliphatic heterocycles. The molecular formula is C38H42N6O6S. The average molecular weight is 711 g/mol. The number of piperazine rings is 1. The number of ether oxygens (including phenoxy) is 2. The van der Waals surface area contributed by atoms with E-state index in [0.29, 0.717) is 66.1 Å². The maximum absolute atomic E-state index is 15.7. The molecule has 0 N–H and O–H groups in total. The van der Waals surface area contributed by atoms with Crippen molar-refractivity contribution >= 4 is 21.6 Å². The fourth-order valence-electron chi connectivity index (χ4n) is 7.88. The number of oxazole rings is 1. The van der Waals surface area contributed by atoms with Gasteiger partial charge >= 0.3 is 0 Å². The van der Waals surface area contributed by atoms with Crippen molar-refractivity contribution in [3.05, 3.63) is 101 Å². The summed E-state index contributed by atoms with van der Waals surface area (Å²) in [5.74, 6) is 0.634. The van der Waals surface area contributed by atoms with Crippen LogP contribution in [0.25, 0.3) is 0 Å². The molecule has 4 aromatic rings. The highest BCUT2D eigenvalue weighted by molar-refractivity contribution is 7.93. The topological polar surface area (TPSA) is 132 Å². The van der Waals surface area contributed by atoms with Gasteiger partial charge < -0.3 is 13.9 Å². The summed E-state index contributed by atoms with van der Waals surface area (Å²) >= 11 is 0. The molecule has 0 spiro atoms. The number of hydrogen-bond donors (Lipinski definition) is 0. The van der Waals surface area contributed by atoms with Gasteiger partial charge in [0, 0.05) is 56.4 Å². The number of likely N-dealkylation sites (tertiary alicyclic amines) is 1. The van der Waals surface area contributed by atoms with Crippen LogP contribution in [0.5, 0.6) is 11.5 Å². The number of carbonyl (C=O) groups is 1. The molecule has 12 nitrogen and oxygen atoms in total. The second-order valence-corrected chi connectivity index (χ2v) is 15.3. The van der Waals surface area contributed by atoms with E-state index < -0.39 is 27.5 Å². The SMILES string of the molecule is COc1ccc(S(=O)(=O)N2C(=O)C(c3cc(CN4CCN(C(C)C)CC4)ccc3OC)(N3CCC[C@H]3c3ncco3)c3cc(C#N)ccc32)cc1. The monoisotopic (exact) mass is 710 g/mol. The number of sulfonamides is 1. The van der Waals surface area contributed by atoms with E-state index in [4.69, 9.17) is 13.9 Å². The van der Waals surface area contributed by atoms with Crippen molar-refractivity contribution in [1.82, 2.24) is 19.7 Å². The Kier molecular flexibility index (Phi) is 9.36. The molecule has 4 heterocycles. The van der Waals surface area contributed by atoms with Crippen molar-refractivity contribution in [3.8, 4) is 17.6 Å². The van der Waals surface area contributed by atoms with Gasteiger partial charge in [-0.15, -0.1) is 0 Å². The van der Waals surface area contributed by atoms with Gasteiger partial charge in [0.1, 0.15) is 17.8 Å². The number of nitriles is 1. The van der Waals surface area contributed by atoms with Crippen LogP contribution in [0, 0.1) is 11.3 Å². The number of benzene rings is 3. The minimum absolute atomic E-state index is 0.0744. The first kappa shape index (κ1) is 34.7. The third-order valence-corrected chi connectivity index (χ3v) is 12.2. The molecule has 2 saturated heterocycles. The van der Waals surface area contributed by atoms with Gasteiger partial charge in [-0.2, -0.15) is 5.26 Å². The van der Waals surface area contributed by atoms with Gasteiger partial charge in [-0.05, 0) is 86.8 Å². The smallest absolute Gasteiger partial charge is 0.271 e. The zero-order valence-electron chi connectivity index (χ0n) is 29.3. The predicted octanol–water partition coefficient (Wildman–Crippen LogP) is 4.91. The van der Waals surface area contributed by atoms with Gasteiger partial charge in [0.15, 0.2) is 5.54 Å². The lowest BCUT2D eigenvalue weighted by Gasteiger charge is -2.41. The highest BCUT2D eigenvalue weighted by Gasteiger charge is 2.63. The van der Waals surface area contributed by atoms with Crippen LogP contribution in [0.3, 0.4) is 0 Å². The van der Waals surface area contributed by atoms with Gasteiger partial charge in [-0.1, -0.05) is 6.07 Å². The molecule has 13 heteroatoms. The molecule has 1 unspecified atom stereocenters. The Bertz CT molecular complexity index is 2050. The zero-order valence-corrected chi connectivity index (χ0v) is 30.1. The summed E-state index contributed by atoms with van der Waals surface area (Å²) in [6.07, 6.45) is 4.38. The number of carbonyl (C=O) groups excluding carboxylic acids is 1. The van der Waals surface area contributed by atoms with E-state index in [1.165, 1.54) is 25.5 Å². The Morgan fingerprint density at radius 3 is 2.39 bits per heavy atom. The van der Waals surface area contributed by atoms with Crippen molar-refractivity contribution in [2.45, 2.75) is 55.8 Å². The molecule has 0 radical (unpaired) electrons. The van der Waals surface area contributed by atoms with Crippen LogP contribution in [-0.2, 0) is 26.9 Å². The second-order valence-electron chi connectivity index (χ2n) is 13.5. The number of hydrogen-bond acceptors (Lipinski definition) is 11. The largest absolute Gasteiger partial charge is 0.497 e. The van der Waals surface area contributed by atoms with E-state index in [0.717, 1.165) is 36.0 Å². The Hall–Kier alpha value is -4.74. The summed E-state index contributed by atoms with van der Waals surface area (Å²) < 4.78 is 47.4. The first-order chi connectivity index (χ1) is 24.6. The summed E-state index contributed by atoms with van der Waals surface area (Å²) in [5, 5.41) is 10.1. The number of methoxy groups -OCH3 is 2. The fraction of sp³-hybridized carbons (Fsp3) is 0.395. The van der Waals surface area contributed by atoms with Crippen molar-refractivity contribution in [1.29, 1.82) is 5.26 Å². The molecule has 0 bridgehead atoms. The molecule has 7 rings (SSSR count). The molecule has 2 atom stereocenters. The van der Waals surface area contributed by atoms with Gasteiger partial charge in [0.05, 0.1) is 48.7 Å². The predicted molar refractivity (Wildman–Crippen MR) is 190 cm³/mol. The third kappa shape index (κ3) is 5.86. The van der Waals surface area contributed by atoms with E-state index in [2.05, 4.69) is 34.7 Å². The number of nitrogens with zero attached hydrogens (tertiary/aromatic N) is 6. The summed E-state index contributed by atoms with van der Waals surface area (Å²) in [4.78, 5) is 26.9. The number of rotatable bonds is 10. The molecule has 1 amide bonds. The van der Waals surface area contributed by atoms with Crippen LogP contribution in [0.1, 0.15) is 60.9 Å². The lowest BCUT2D eigenvalue weighted by Crippen LogP contribution is -2.54. The Morgan fingerprint density at radius 1 is 0.980 bits per heavy atom. The van der Waals surface area contributed by atoms with Gasteiger partial charge in [-0.3, -0.25) is 19.5 Å². The summed E-state index contributed by atoms with van der Waals surface area (Å²) in [6, 6.07) is 18.7. The molecule has 266 valence electrons. The number of anilines is 1. The molecule has 3 aromatic carbocycles. The maximum Gasteiger partial charge on any atom is 0.271 e. The van der Waals surface area contributed by atoms with Gasteiger partial charge in [0.2, 0.25) is 5.89 Å². The van der Waals surface area contributed by atoms with E-state index in [9.17, 15) is 13.7 Å². The van der Waals surface area contributed by atoms with Crippen LogP contribution in [0.4, 0.5) is 5.69 Å². The lowest BCUT2D eigenvalue weighted by atomic mass is 9.79. The molecule has 0 aliphatic carbocycles. The quantitative estimate of drug-likeness (QED) is 0.223. The van der Waals surface area contributed by atoms with Crippen LogP contribution in [0.2, 0.25) is 0 Å². The van der Waals surface area contributed by atoms with E-state index in [-0.39, 0.29) is 10.6 Å². The molecular weight excluding hydrogens is 669 g/mol. The molecule has 0 saturated carbocycles.